The molecule has 0 aliphatic heterocycles. The van der Waals surface area contributed by atoms with Crippen LogP contribution in [0.4, 0.5) is 10.1 Å². The predicted molar refractivity (Wildman–Crippen MR) is 97.1 cm³/mol. The minimum atomic E-state index is -0.427. The van der Waals surface area contributed by atoms with Crippen molar-refractivity contribution in [3.63, 3.8) is 0 Å². The van der Waals surface area contributed by atoms with Gasteiger partial charge in [0.15, 0.2) is 0 Å². The Morgan fingerprint density at radius 2 is 2.00 bits per heavy atom. The first-order valence-corrected chi connectivity index (χ1v) is 8.69. The zero-order valence-electron chi connectivity index (χ0n) is 14.1. The summed E-state index contributed by atoms with van der Waals surface area (Å²) >= 11 is 1.42. The molecule has 5 nitrogen and oxygen atoms in total. The summed E-state index contributed by atoms with van der Waals surface area (Å²) in [5.74, 6) is -1.25. The van der Waals surface area contributed by atoms with E-state index in [0.717, 1.165) is 5.01 Å². The van der Waals surface area contributed by atoms with E-state index in [9.17, 15) is 14.0 Å². The summed E-state index contributed by atoms with van der Waals surface area (Å²) in [7, 11) is 0. The van der Waals surface area contributed by atoms with Gasteiger partial charge in [0.05, 0.1) is 10.9 Å². The van der Waals surface area contributed by atoms with Gasteiger partial charge in [-0.05, 0) is 44.5 Å². The molecule has 0 saturated carbocycles. The predicted octanol–water partition coefficient (Wildman–Crippen LogP) is 3.54. The Morgan fingerprint density at radius 1 is 1.32 bits per heavy atom. The summed E-state index contributed by atoms with van der Waals surface area (Å²) in [5, 5.41) is 8.02. The van der Waals surface area contributed by atoms with Crippen LogP contribution in [-0.2, 0) is 4.79 Å². The van der Waals surface area contributed by atoms with Crippen LogP contribution in [0.15, 0.2) is 41.8 Å². The third kappa shape index (κ3) is 5.49. The van der Waals surface area contributed by atoms with Crippen molar-refractivity contribution in [3.05, 3.63) is 58.3 Å². The van der Waals surface area contributed by atoms with Crippen LogP contribution in [-0.4, -0.2) is 23.3 Å². The first-order chi connectivity index (χ1) is 11.9. The zero-order valence-corrected chi connectivity index (χ0v) is 15.0. The molecule has 0 bridgehead atoms. The molecule has 1 unspecified atom stereocenters. The molecule has 2 rings (SSSR count). The topological polar surface area (TPSA) is 71.1 Å². The van der Waals surface area contributed by atoms with Gasteiger partial charge >= 0.3 is 0 Å². The second-order valence-electron chi connectivity index (χ2n) is 5.63. The molecule has 0 fully saturated rings. The standard InChI is InChI=1S/C18H20FN3O2S/c1-11(8-9-20-18(24)16-10-25-13(3)21-16)12(2)17(23)22-15-6-4-14(19)5-7-15/h4-7,10,12H,1,8-9H2,2-3H3,(H,20,24)(H,22,23). The highest BCUT2D eigenvalue weighted by Gasteiger charge is 2.17. The maximum atomic E-state index is 12.9. The van der Waals surface area contributed by atoms with E-state index in [4.69, 9.17) is 0 Å². The second kappa shape index (κ2) is 8.53. The molecule has 2 aromatic rings. The molecule has 0 aliphatic rings. The number of carbonyl (C=O) groups is 2. The fourth-order valence-electron chi connectivity index (χ4n) is 2.08. The molecule has 1 aromatic heterocycles. The number of nitrogens with zero attached hydrogens (tertiary/aromatic N) is 1. The molecule has 25 heavy (non-hydrogen) atoms. The highest BCUT2D eigenvalue weighted by atomic mass is 32.1. The highest BCUT2D eigenvalue weighted by molar-refractivity contribution is 7.09. The van der Waals surface area contributed by atoms with E-state index in [1.165, 1.54) is 35.6 Å². The van der Waals surface area contributed by atoms with Crippen LogP contribution in [0.3, 0.4) is 0 Å². The molecule has 2 N–H and O–H groups in total. The van der Waals surface area contributed by atoms with Gasteiger partial charge in [-0.25, -0.2) is 9.37 Å². The molecular weight excluding hydrogens is 341 g/mol. The molecular formula is C18H20FN3O2S. The lowest BCUT2D eigenvalue weighted by Crippen LogP contribution is -2.27. The fraction of sp³-hybridized carbons (Fsp3) is 0.278. The molecule has 1 aromatic carbocycles. The van der Waals surface area contributed by atoms with Crippen molar-refractivity contribution in [2.24, 2.45) is 5.92 Å². The summed E-state index contributed by atoms with van der Waals surface area (Å²) in [4.78, 5) is 28.2. The summed E-state index contributed by atoms with van der Waals surface area (Å²) in [6.07, 6.45) is 0.479. The number of anilines is 1. The number of rotatable bonds is 7. The molecule has 132 valence electrons. The number of benzene rings is 1. The van der Waals surface area contributed by atoms with Crippen LogP contribution in [0.2, 0.25) is 0 Å². The van der Waals surface area contributed by atoms with Gasteiger partial charge in [0.25, 0.3) is 5.91 Å². The van der Waals surface area contributed by atoms with Crippen LogP contribution in [0.25, 0.3) is 0 Å². The van der Waals surface area contributed by atoms with Gasteiger partial charge in [0.1, 0.15) is 11.5 Å². The molecule has 7 heteroatoms. The quantitative estimate of drug-likeness (QED) is 0.741. The van der Waals surface area contributed by atoms with Gasteiger partial charge in [0.2, 0.25) is 5.91 Å². The smallest absolute Gasteiger partial charge is 0.270 e. The lowest BCUT2D eigenvalue weighted by Gasteiger charge is -2.15. The van der Waals surface area contributed by atoms with E-state index >= 15 is 0 Å². The number of hydrogen-bond donors (Lipinski definition) is 2. The first kappa shape index (κ1) is 18.8. The van der Waals surface area contributed by atoms with Crippen LogP contribution in [0.1, 0.15) is 28.8 Å². The summed E-state index contributed by atoms with van der Waals surface area (Å²) in [6, 6.07) is 5.56. The molecule has 1 heterocycles. The van der Waals surface area contributed by atoms with E-state index in [1.807, 2.05) is 6.92 Å². The Morgan fingerprint density at radius 3 is 2.60 bits per heavy atom. The minimum absolute atomic E-state index is 0.224. The maximum Gasteiger partial charge on any atom is 0.270 e. The van der Waals surface area contributed by atoms with Crippen molar-refractivity contribution in [2.45, 2.75) is 20.3 Å². The molecule has 0 spiro atoms. The lowest BCUT2D eigenvalue weighted by atomic mass is 9.99. The zero-order chi connectivity index (χ0) is 18.4. The van der Waals surface area contributed by atoms with E-state index < -0.39 is 5.92 Å². The van der Waals surface area contributed by atoms with Crippen LogP contribution >= 0.6 is 11.3 Å². The van der Waals surface area contributed by atoms with Crippen LogP contribution < -0.4 is 10.6 Å². The Kier molecular flexibility index (Phi) is 6.41. The Labute approximate surface area is 150 Å². The number of aryl methyl sites for hydroxylation is 1. The van der Waals surface area contributed by atoms with E-state index in [-0.39, 0.29) is 17.6 Å². The summed E-state index contributed by atoms with van der Waals surface area (Å²) in [6.45, 7) is 7.88. The summed E-state index contributed by atoms with van der Waals surface area (Å²) < 4.78 is 12.9. The van der Waals surface area contributed by atoms with E-state index in [2.05, 4.69) is 22.2 Å². The fourth-order valence-corrected chi connectivity index (χ4v) is 2.67. The second-order valence-corrected chi connectivity index (χ2v) is 6.70. The largest absolute Gasteiger partial charge is 0.350 e. The first-order valence-electron chi connectivity index (χ1n) is 7.81. The molecule has 1 atom stereocenters. The van der Waals surface area contributed by atoms with Crippen LogP contribution in [0, 0.1) is 18.7 Å². The van der Waals surface area contributed by atoms with E-state index in [0.29, 0.717) is 29.9 Å². The Bertz CT molecular complexity index is 771. The lowest BCUT2D eigenvalue weighted by molar-refractivity contribution is -0.118. The average Bonchev–Trinajstić information content (AvgIpc) is 3.02. The molecule has 0 radical (unpaired) electrons. The van der Waals surface area contributed by atoms with Gasteiger partial charge in [-0.15, -0.1) is 11.3 Å². The number of carbonyl (C=O) groups excluding carboxylic acids is 2. The van der Waals surface area contributed by atoms with Gasteiger partial charge in [-0.1, -0.05) is 12.2 Å². The molecule has 2 amide bonds. The highest BCUT2D eigenvalue weighted by Crippen LogP contribution is 2.16. The number of aromatic nitrogens is 1. The Hall–Kier alpha value is -2.54. The van der Waals surface area contributed by atoms with Crippen molar-refractivity contribution in [1.82, 2.24) is 10.3 Å². The Balaban J connectivity index is 1.78. The molecule has 0 saturated heterocycles. The van der Waals surface area contributed by atoms with Gasteiger partial charge in [0, 0.05) is 17.6 Å². The van der Waals surface area contributed by atoms with E-state index in [1.54, 1.807) is 12.3 Å². The summed E-state index contributed by atoms with van der Waals surface area (Å²) in [5.41, 5.74) is 1.63. The van der Waals surface area contributed by atoms with Gasteiger partial charge < -0.3 is 10.6 Å². The number of amides is 2. The number of halogens is 1. The monoisotopic (exact) mass is 361 g/mol. The number of hydrogen-bond acceptors (Lipinski definition) is 4. The minimum Gasteiger partial charge on any atom is -0.350 e. The van der Waals surface area contributed by atoms with Crippen molar-refractivity contribution < 1.29 is 14.0 Å². The van der Waals surface area contributed by atoms with Crippen molar-refractivity contribution in [3.8, 4) is 0 Å². The third-order valence-corrected chi connectivity index (χ3v) is 4.47. The number of nitrogens with one attached hydrogen (secondary N) is 2. The molecule has 0 aliphatic carbocycles. The van der Waals surface area contributed by atoms with Crippen molar-refractivity contribution >= 4 is 28.8 Å². The normalized spacial score (nSPS) is 11.6. The maximum absolute atomic E-state index is 12.9. The SMILES string of the molecule is C=C(CCNC(=O)c1csc(C)n1)C(C)C(=O)Nc1ccc(F)cc1. The van der Waals surface area contributed by atoms with Gasteiger partial charge in [-0.2, -0.15) is 0 Å². The van der Waals surface area contributed by atoms with Crippen molar-refractivity contribution in [1.29, 1.82) is 0 Å². The third-order valence-electron chi connectivity index (χ3n) is 3.70. The van der Waals surface area contributed by atoms with Crippen molar-refractivity contribution in [2.75, 3.05) is 11.9 Å². The number of thiazole rings is 1. The van der Waals surface area contributed by atoms with Gasteiger partial charge in [-0.3, -0.25) is 9.59 Å². The van der Waals surface area contributed by atoms with Crippen LogP contribution in [0.5, 0.6) is 0 Å². The average molecular weight is 361 g/mol.